The summed E-state index contributed by atoms with van der Waals surface area (Å²) in [5, 5.41) is 37.0. The zero-order chi connectivity index (χ0) is 86.5. The van der Waals surface area contributed by atoms with Gasteiger partial charge in [0.25, 0.3) is 16.7 Å². The van der Waals surface area contributed by atoms with Crippen LogP contribution in [0.2, 0.25) is 0 Å². The largest absolute Gasteiger partial charge is 0.497 e. The number of hydrazone groups is 1. The molecule has 0 saturated heterocycles. The van der Waals surface area contributed by atoms with Gasteiger partial charge in [-0.15, -0.1) is 79.6 Å². The van der Waals surface area contributed by atoms with E-state index in [1.165, 1.54) is 90.2 Å². The van der Waals surface area contributed by atoms with E-state index in [2.05, 4.69) is 103 Å². The van der Waals surface area contributed by atoms with Gasteiger partial charge in [0.05, 0.1) is 135 Å². The van der Waals surface area contributed by atoms with Crippen LogP contribution >= 0.6 is 102 Å². The van der Waals surface area contributed by atoms with Crippen molar-refractivity contribution < 1.29 is 52.7 Å². The number of aliphatic hydroxyl groups is 1. The van der Waals surface area contributed by atoms with Crippen LogP contribution < -0.4 is 36.7 Å². The molecule has 46 heteroatoms. The number of carbonyl (C=O) groups is 4. The standard InChI is InChI=1S/C16H13IN4O2S.C16H14N4O2S.C10H12N4O2S.C8H9ClO.C8H10N4O3S.C8H6N4OS.C4H7N3O2.C4H3NOS/c1-20-12-11(13-14(20)19-16(17)24-13)7-18-21(15(12)22)8-9-4-3-5-10(6-9)23-2;1-19-13-12(14-15(19)17-9-23-14)7-18-20(16(13)21)8-10-4-3-5-11(6-10)22-2;1-3-16-10(15)7-6(4-13-11)8-9(14(7)2)12-5-17-8;1-10-8-4-2-3-7(5-8)6-9;1-2-15-8(14)6(11-12-9)7(13)5-3-10-4-16-5;1-12-5-4(2-10-11-8(5)13)6-7(12)9-3-14-6;1-2-9-4(8)3-6-7-5;6-2-4-1-5-3-7-4/h3-7H,8H2,1-2H3;3-7,9H,8H2,1-2H3;4-5H,3,11H2,1-2H3;2-5H,6H2,1H3;3-4,6-7,13H,2H2,1H3;2-3H,1H3,(H,11,13);2-3H2,1H3;1-3H/b;;13-4+;;;;;. The van der Waals surface area contributed by atoms with E-state index in [9.17, 15) is 38.7 Å². The number of H-pyrrole nitrogens is 1. The van der Waals surface area contributed by atoms with Gasteiger partial charge in [-0.1, -0.05) is 46.6 Å². The Bertz CT molecular complexity index is 6490. The first kappa shape index (κ1) is 91.5. The number of aldehydes is 1. The van der Waals surface area contributed by atoms with Gasteiger partial charge in [0, 0.05) is 78.0 Å². The summed E-state index contributed by atoms with van der Waals surface area (Å²) < 4.78 is 44.6. The van der Waals surface area contributed by atoms with Gasteiger partial charge >= 0.3 is 17.9 Å². The number of esters is 3. The van der Waals surface area contributed by atoms with E-state index in [1.807, 2.05) is 103 Å². The summed E-state index contributed by atoms with van der Waals surface area (Å²) in [5.41, 5.74) is 33.3. The number of fused-ring (bicyclic) bond motifs is 10. The van der Waals surface area contributed by atoms with Crippen LogP contribution in [0.5, 0.6) is 17.2 Å². The first-order chi connectivity index (χ1) is 58.1. The first-order valence-electron chi connectivity index (χ1n) is 35.2. The second-order valence-corrected chi connectivity index (χ2v) is 31.4. The summed E-state index contributed by atoms with van der Waals surface area (Å²) in [6.07, 6.45) is 9.14. The summed E-state index contributed by atoms with van der Waals surface area (Å²) in [5.74, 6) is 6.46. The number of nitrogens with one attached hydrogen (secondary N) is 1. The molecular formula is C74H74ClIN24O14S6. The van der Waals surface area contributed by atoms with Crippen LogP contribution in [-0.2, 0) is 71.0 Å². The van der Waals surface area contributed by atoms with Gasteiger partial charge < -0.3 is 57.6 Å². The molecule has 120 heavy (non-hydrogen) atoms. The number of ether oxygens (including phenoxy) is 6. The molecule has 3 aromatic carbocycles. The number of methoxy groups -OCH3 is 3. The summed E-state index contributed by atoms with van der Waals surface area (Å²) in [7, 11) is 12.2. The molecule has 0 aliphatic rings. The molecule has 16 rings (SSSR count). The molecular weight excluding hydrogens is 1800 g/mol. The number of aromatic amines is 1. The Balaban J connectivity index is 0.000000160. The fourth-order valence-corrected chi connectivity index (χ4v) is 16.8. The van der Waals surface area contributed by atoms with Crippen molar-refractivity contribution in [3.05, 3.63) is 224 Å². The predicted octanol–water partition coefficient (Wildman–Crippen LogP) is 13.1. The number of alkyl halides is 1. The number of nitrogens with two attached hydrogens (primary N) is 1. The molecule has 16 aromatic rings. The molecule has 13 heterocycles. The molecule has 0 aliphatic heterocycles. The number of aryl methyl sites for hydroxylation is 4. The van der Waals surface area contributed by atoms with Crippen LogP contribution in [0.15, 0.2) is 161 Å². The van der Waals surface area contributed by atoms with Gasteiger partial charge in [-0.3, -0.25) is 38.7 Å². The van der Waals surface area contributed by atoms with Crippen molar-refractivity contribution in [2.24, 2.45) is 49.4 Å². The molecule has 2 unspecified atom stereocenters. The van der Waals surface area contributed by atoms with E-state index in [0.29, 0.717) is 69.7 Å². The number of aliphatic hydroxyl groups excluding tert-OH is 1. The number of rotatable bonds is 20. The number of hydrogen-bond donors (Lipinski definition) is 3. The molecule has 0 radical (unpaired) electrons. The van der Waals surface area contributed by atoms with E-state index in [1.54, 1.807) is 110 Å². The zero-order valence-electron chi connectivity index (χ0n) is 65.3. The lowest BCUT2D eigenvalue weighted by Gasteiger charge is -2.14. The van der Waals surface area contributed by atoms with Crippen molar-refractivity contribution in [2.45, 2.75) is 51.9 Å². The average Bonchev–Trinajstić information content (AvgIpc) is 1.60. The van der Waals surface area contributed by atoms with Gasteiger partial charge in [0.1, 0.15) is 52.1 Å². The Morgan fingerprint density at radius 2 is 1.14 bits per heavy atom. The number of aromatic nitrogens is 16. The number of nitrogens with zero attached hydrogens (tertiary/aromatic N) is 22. The third kappa shape index (κ3) is 22.5. The molecule has 2 atom stereocenters. The summed E-state index contributed by atoms with van der Waals surface area (Å²) in [4.78, 5) is 111. The minimum Gasteiger partial charge on any atom is -0.497 e. The highest BCUT2D eigenvalue weighted by molar-refractivity contribution is 14.1. The Kier molecular flexibility index (Phi) is 34.3. The minimum atomic E-state index is -1.27. The number of azide groups is 2. The molecule has 0 bridgehead atoms. The highest BCUT2D eigenvalue weighted by Crippen LogP contribution is 2.33. The molecule has 4 N–H and O–H groups in total. The van der Waals surface area contributed by atoms with E-state index in [0.717, 1.165) is 101 Å². The molecule has 13 aromatic heterocycles. The highest BCUT2D eigenvalue weighted by atomic mass is 127. The van der Waals surface area contributed by atoms with Crippen molar-refractivity contribution in [1.29, 1.82) is 0 Å². The third-order valence-electron chi connectivity index (χ3n) is 16.7. The second-order valence-electron chi connectivity index (χ2n) is 24.0. The van der Waals surface area contributed by atoms with Gasteiger partial charge in [-0.2, -0.15) is 20.4 Å². The quantitative estimate of drug-likeness (QED) is 0.00545. The number of benzene rings is 3. The van der Waals surface area contributed by atoms with Crippen LogP contribution in [0.3, 0.4) is 0 Å². The van der Waals surface area contributed by atoms with E-state index in [4.69, 9.17) is 52.2 Å². The van der Waals surface area contributed by atoms with Crippen molar-refractivity contribution in [1.82, 2.24) is 77.9 Å². The maximum Gasteiger partial charge on any atom is 0.355 e. The van der Waals surface area contributed by atoms with Gasteiger partial charge in [-0.25, -0.2) is 39.2 Å². The second kappa shape index (κ2) is 44.9. The lowest BCUT2D eigenvalue weighted by atomic mass is 10.1. The van der Waals surface area contributed by atoms with Crippen molar-refractivity contribution in [3.63, 3.8) is 0 Å². The van der Waals surface area contributed by atoms with E-state index >= 15 is 0 Å². The molecule has 0 saturated carbocycles. The molecule has 0 aliphatic carbocycles. The average molecular weight is 1880 g/mol. The predicted molar refractivity (Wildman–Crippen MR) is 471 cm³/mol. The smallest absolute Gasteiger partial charge is 0.355 e. The monoisotopic (exact) mass is 1880 g/mol. The normalized spacial score (nSPS) is 11.1. The molecule has 0 spiro atoms. The number of halogens is 2. The fourth-order valence-electron chi connectivity index (χ4n) is 11.4. The Morgan fingerprint density at radius 3 is 1.63 bits per heavy atom. The molecule has 0 amide bonds. The highest BCUT2D eigenvalue weighted by Gasteiger charge is 2.30. The molecule has 38 nitrogen and oxygen atoms in total. The topological polar surface area (TPSA) is 492 Å². The first-order valence-corrected chi connectivity index (χ1v) is 42.0. The van der Waals surface area contributed by atoms with Crippen LogP contribution in [-0.4, -0.2) is 167 Å². The molecule has 624 valence electrons. The number of thiazole rings is 6. The SMILES string of the molecule is CCOC(=O)C(N=[N+]=[N-])C(O)c1cncs1.CCOC(=O)CN=[N+]=[N-].CCOC(=O)c1c(/C=N/N)c2scnc2n1C.COc1cccc(CCl)c1.COc1cccc(Cn2ncc3c4sc(I)nc4n(C)c3c2=O)c1.COc1cccc(Cn2ncc3c4scnc4n(C)c3c2=O)c1.Cn1c2ncsc2c2cn[nH]c(=O)c21.O=Cc1cncs1. The summed E-state index contributed by atoms with van der Waals surface area (Å²) >= 11 is 16.4. The maximum atomic E-state index is 12.9. The Hall–Kier alpha value is -12.4. The van der Waals surface area contributed by atoms with Crippen LogP contribution in [0.25, 0.3) is 95.0 Å². The van der Waals surface area contributed by atoms with Gasteiger partial charge in [0.15, 0.2) is 37.9 Å². The van der Waals surface area contributed by atoms with E-state index in [-0.39, 0.29) is 29.8 Å². The van der Waals surface area contributed by atoms with Crippen LogP contribution in [0.4, 0.5) is 0 Å². The van der Waals surface area contributed by atoms with E-state index < -0.39 is 30.1 Å². The van der Waals surface area contributed by atoms with Gasteiger partial charge in [0.2, 0.25) is 0 Å². The number of carbonyl (C=O) groups excluding carboxylic acids is 4. The van der Waals surface area contributed by atoms with Crippen molar-refractivity contribution >= 4 is 207 Å². The fraction of sp³-hybridized carbons (Fsp3) is 0.257. The maximum absolute atomic E-state index is 12.9. The van der Waals surface area contributed by atoms with Crippen molar-refractivity contribution in [2.75, 3.05) is 47.7 Å². The Morgan fingerprint density at radius 1 is 0.633 bits per heavy atom. The minimum absolute atomic E-state index is 0.113. The summed E-state index contributed by atoms with van der Waals surface area (Å²) in [6.45, 7) is 6.46. The Labute approximate surface area is 722 Å². The third-order valence-corrected chi connectivity index (χ3v) is 22.9. The lowest BCUT2D eigenvalue weighted by Crippen LogP contribution is -2.27. The van der Waals surface area contributed by atoms with Gasteiger partial charge in [-0.05, 0) is 108 Å². The lowest BCUT2D eigenvalue weighted by molar-refractivity contribution is -0.147. The summed E-state index contributed by atoms with van der Waals surface area (Å²) in [6, 6.07) is 21.7. The van der Waals surface area contributed by atoms with Crippen LogP contribution in [0, 0.1) is 3.01 Å². The zero-order valence-corrected chi connectivity index (χ0v) is 73.1. The number of hydrogen-bond acceptors (Lipinski definition) is 33. The van der Waals surface area contributed by atoms with Crippen LogP contribution in [0.1, 0.15) is 74.2 Å². The molecule has 0 fully saturated rings. The van der Waals surface area contributed by atoms with Crippen molar-refractivity contribution in [3.8, 4) is 17.2 Å².